The van der Waals surface area contributed by atoms with Crippen LogP contribution in [-0.4, -0.2) is 12.6 Å². The molecule has 1 aromatic carbocycles. The smallest absolute Gasteiger partial charge is 0.0105 e. The van der Waals surface area contributed by atoms with E-state index in [1.807, 2.05) is 0 Å². The van der Waals surface area contributed by atoms with Crippen molar-refractivity contribution in [1.29, 1.82) is 0 Å². The summed E-state index contributed by atoms with van der Waals surface area (Å²) in [4.78, 5) is 0. The van der Waals surface area contributed by atoms with E-state index in [1.165, 1.54) is 27.8 Å². The van der Waals surface area contributed by atoms with Gasteiger partial charge in [-0.05, 0) is 80.1 Å². The molecular formula is C21H29N. The summed E-state index contributed by atoms with van der Waals surface area (Å²) in [7, 11) is 0. The van der Waals surface area contributed by atoms with E-state index in [2.05, 4.69) is 70.2 Å². The van der Waals surface area contributed by atoms with Crippen molar-refractivity contribution in [1.82, 2.24) is 5.32 Å². The zero-order valence-electron chi connectivity index (χ0n) is 14.7. The molecular weight excluding hydrogens is 266 g/mol. The molecule has 0 aliphatic rings. The number of terminal acetylenes is 1. The highest BCUT2D eigenvalue weighted by molar-refractivity contribution is 5.67. The number of hydrogen-bond acceptors (Lipinski definition) is 1. The number of allylic oxidation sites excluding steroid dienone is 2. The fourth-order valence-corrected chi connectivity index (χ4v) is 2.83. The summed E-state index contributed by atoms with van der Waals surface area (Å²) < 4.78 is 0. The Hall–Kier alpha value is -1.78. The van der Waals surface area contributed by atoms with E-state index in [1.54, 1.807) is 6.08 Å². The molecule has 0 spiro atoms. The molecule has 0 aliphatic heterocycles. The summed E-state index contributed by atoms with van der Waals surface area (Å²) in [6.07, 6.45) is 15.7. The van der Waals surface area contributed by atoms with Crippen molar-refractivity contribution in [2.75, 3.05) is 6.54 Å². The topological polar surface area (TPSA) is 12.0 Å². The zero-order chi connectivity index (χ0) is 16.5. The lowest BCUT2D eigenvalue weighted by atomic mass is 9.89. The highest BCUT2D eigenvalue weighted by atomic mass is 14.9. The van der Waals surface area contributed by atoms with Gasteiger partial charge in [0, 0.05) is 6.04 Å². The number of rotatable bonds is 7. The summed E-state index contributed by atoms with van der Waals surface area (Å²) in [6, 6.07) is 2.82. The third kappa shape index (κ3) is 4.61. The molecule has 0 saturated heterocycles. The molecule has 22 heavy (non-hydrogen) atoms. The van der Waals surface area contributed by atoms with Crippen molar-refractivity contribution in [3.63, 3.8) is 0 Å². The van der Waals surface area contributed by atoms with Crippen LogP contribution in [0.5, 0.6) is 0 Å². The summed E-state index contributed by atoms with van der Waals surface area (Å²) in [6.45, 7) is 11.8. The Morgan fingerprint density at radius 3 is 2.50 bits per heavy atom. The number of likely N-dealkylation sites (N-methyl/N-ethyl adjacent to an activating group) is 1. The van der Waals surface area contributed by atoms with Crippen LogP contribution in [0.15, 0.2) is 18.2 Å². The molecule has 0 heterocycles. The van der Waals surface area contributed by atoms with Crippen LogP contribution in [0.25, 0.3) is 12.2 Å². The average Bonchev–Trinajstić information content (AvgIpc) is 2.51. The molecule has 0 aliphatic carbocycles. The van der Waals surface area contributed by atoms with Crippen molar-refractivity contribution in [3.8, 4) is 12.3 Å². The van der Waals surface area contributed by atoms with Gasteiger partial charge in [0.25, 0.3) is 0 Å². The van der Waals surface area contributed by atoms with E-state index in [0.717, 1.165) is 19.4 Å². The van der Waals surface area contributed by atoms with Gasteiger partial charge in [-0.3, -0.25) is 0 Å². The first-order chi connectivity index (χ1) is 10.6. The van der Waals surface area contributed by atoms with Crippen LogP contribution in [0.1, 0.15) is 55.0 Å². The lowest BCUT2D eigenvalue weighted by molar-refractivity contribution is 0.510. The third-order valence-electron chi connectivity index (χ3n) is 4.22. The van der Waals surface area contributed by atoms with Crippen LogP contribution >= 0.6 is 0 Å². The molecule has 1 unspecified atom stereocenters. The van der Waals surface area contributed by atoms with Crippen molar-refractivity contribution in [2.24, 2.45) is 0 Å². The van der Waals surface area contributed by atoms with E-state index in [9.17, 15) is 0 Å². The largest absolute Gasteiger partial charge is 0.314 e. The normalized spacial score (nSPS) is 12.9. The van der Waals surface area contributed by atoms with Gasteiger partial charge >= 0.3 is 0 Å². The molecule has 0 bridgehead atoms. The van der Waals surface area contributed by atoms with E-state index < -0.39 is 0 Å². The first-order valence-corrected chi connectivity index (χ1v) is 8.20. The first-order valence-electron chi connectivity index (χ1n) is 8.20. The highest BCUT2D eigenvalue weighted by Gasteiger charge is 2.13. The molecule has 1 N–H and O–H groups in total. The van der Waals surface area contributed by atoms with E-state index in [-0.39, 0.29) is 0 Å². The molecule has 0 radical (unpaired) electrons. The quantitative estimate of drug-likeness (QED) is 0.704. The van der Waals surface area contributed by atoms with Crippen molar-refractivity contribution in [2.45, 2.75) is 53.5 Å². The fourth-order valence-electron chi connectivity index (χ4n) is 2.83. The van der Waals surface area contributed by atoms with Gasteiger partial charge < -0.3 is 5.32 Å². The summed E-state index contributed by atoms with van der Waals surface area (Å²) in [5.41, 5.74) is 6.60. The van der Waals surface area contributed by atoms with Crippen molar-refractivity contribution < 1.29 is 0 Å². The lowest BCUT2D eigenvalue weighted by Crippen LogP contribution is -2.30. The van der Waals surface area contributed by atoms with E-state index in [4.69, 9.17) is 6.42 Å². The summed E-state index contributed by atoms with van der Waals surface area (Å²) in [5.74, 6) is 2.61. The van der Waals surface area contributed by atoms with Gasteiger partial charge in [-0.2, -0.15) is 0 Å². The summed E-state index contributed by atoms with van der Waals surface area (Å²) >= 11 is 0. The van der Waals surface area contributed by atoms with E-state index in [0.29, 0.717) is 6.04 Å². The Labute approximate surface area is 136 Å². The molecule has 118 valence electrons. The second kappa shape index (κ2) is 9.28. The Morgan fingerprint density at radius 2 is 1.95 bits per heavy atom. The average molecular weight is 295 g/mol. The van der Waals surface area contributed by atoms with Crippen LogP contribution < -0.4 is 5.32 Å². The maximum absolute atomic E-state index is 5.41. The molecule has 1 atom stereocenters. The number of nitrogens with one attached hydrogen (secondary N) is 1. The molecule has 1 nitrogen and oxygen atoms in total. The fraction of sp³-hybridized carbons (Fsp3) is 0.429. The van der Waals surface area contributed by atoms with Gasteiger partial charge in [0.1, 0.15) is 0 Å². The van der Waals surface area contributed by atoms with Gasteiger partial charge in [0.2, 0.25) is 0 Å². The first kappa shape index (κ1) is 18.3. The highest BCUT2D eigenvalue weighted by Crippen LogP contribution is 2.26. The van der Waals surface area contributed by atoms with Gasteiger partial charge in [-0.1, -0.05) is 38.0 Å². The molecule has 0 aromatic heterocycles. The Morgan fingerprint density at radius 1 is 1.23 bits per heavy atom. The van der Waals surface area contributed by atoms with Crippen LogP contribution in [0.4, 0.5) is 0 Å². The summed E-state index contributed by atoms with van der Waals surface area (Å²) in [5, 5.41) is 3.57. The monoisotopic (exact) mass is 295 g/mol. The third-order valence-corrected chi connectivity index (χ3v) is 4.22. The van der Waals surface area contributed by atoms with Crippen LogP contribution in [0.3, 0.4) is 0 Å². The standard InChI is InChI=1S/C21H29N/c1-7-11-13-21-17(6)16(5)18(12-8-2)14-19(21)15-20(9-3)22-10-4/h1,8,11-14,20,22H,9-10,15H2,2-6H3/b12-8-,13-11-. The minimum atomic E-state index is 0.503. The van der Waals surface area contributed by atoms with Crippen LogP contribution in [0.2, 0.25) is 0 Å². The Kier molecular flexibility index (Phi) is 7.71. The predicted molar refractivity (Wildman–Crippen MR) is 100.0 cm³/mol. The predicted octanol–water partition coefficient (Wildman–Crippen LogP) is 4.91. The van der Waals surface area contributed by atoms with Crippen LogP contribution in [0, 0.1) is 26.2 Å². The second-order valence-electron chi connectivity index (χ2n) is 5.66. The van der Waals surface area contributed by atoms with Gasteiger partial charge in [0.05, 0.1) is 0 Å². The molecule has 0 fully saturated rings. The SMILES string of the molecule is C#C/C=C\c1c(CC(CC)NCC)cc(/C=C\C)c(C)c1C. The van der Waals surface area contributed by atoms with Gasteiger partial charge in [0.15, 0.2) is 0 Å². The van der Waals surface area contributed by atoms with Crippen molar-refractivity contribution in [3.05, 3.63) is 46.0 Å². The molecule has 0 amide bonds. The zero-order valence-corrected chi connectivity index (χ0v) is 14.7. The number of hydrogen-bond donors (Lipinski definition) is 1. The van der Waals surface area contributed by atoms with Gasteiger partial charge in [-0.25, -0.2) is 0 Å². The van der Waals surface area contributed by atoms with Gasteiger partial charge in [-0.15, -0.1) is 6.42 Å². The second-order valence-corrected chi connectivity index (χ2v) is 5.66. The maximum Gasteiger partial charge on any atom is 0.0105 e. The lowest BCUT2D eigenvalue weighted by Gasteiger charge is -2.20. The number of benzene rings is 1. The minimum Gasteiger partial charge on any atom is -0.314 e. The van der Waals surface area contributed by atoms with Crippen molar-refractivity contribution >= 4 is 12.2 Å². The Bertz CT molecular complexity index is 585. The van der Waals surface area contributed by atoms with E-state index >= 15 is 0 Å². The minimum absolute atomic E-state index is 0.503. The molecule has 1 heteroatoms. The van der Waals surface area contributed by atoms with Crippen LogP contribution in [-0.2, 0) is 6.42 Å². The maximum atomic E-state index is 5.41. The molecule has 0 saturated carbocycles. The molecule has 1 rings (SSSR count). The molecule has 1 aromatic rings. The Balaban J connectivity index is 3.37.